The molecule has 1 heterocycles. The molecule has 0 bridgehead atoms. The van der Waals surface area contributed by atoms with Crippen LogP contribution in [-0.4, -0.2) is 4.98 Å². The van der Waals surface area contributed by atoms with Crippen molar-refractivity contribution in [3.63, 3.8) is 0 Å². The molecule has 1 aromatic carbocycles. The molecule has 0 aliphatic carbocycles. The minimum atomic E-state index is 0.493. The molecule has 0 aliphatic rings. The molecule has 4 heteroatoms. The Hall–Kier alpha value is -1.37. The minimum Gasteiger partial charge on any atom is -0.224 e. The second-order valence-corrected chi connectivity index (χ2v) is 3.91. The van der Waals surface area contributed by atoms with E-state index in [1.165, 1.54) is 11.3 Å². The molecule has 0 fully saturated rings. The molecule has 2 rings (SSSR count). The van der Waals surface area contributed by atoms with Gasteiger partial charge >= 0.3 is 0 Å². The number of hydrogen-bond acceptors (Lipinski definition) is 3. The fourth-order valence-electron chi connectivity index (χ4n) is 1.11. The van der Waals surface area contributed by atoms with Crippen LogP contribution < -0.4 is 0 Å². The number of nitriles is 1. The van der Waals surface area contributed by atoms with Crippen molar-refractivity contribution >= 4 is 22.9 Å². The fourth-order valence-corrected chi connectivity index (χ4v) is 2.05. The Balaban J connectivity index is 2.47. The van der Waals surface area contributed by atoms with E-state index < -0.39 is 0 Å². The maximum absolute atomic E-state index is 8.72. The van der Waals surface area contributed by atoms with Gasteiger partial charge < -0.3 is 0 Å². The van der Waals surface area contributed by atoms with E-state index in [1.54, 1.807) is 17.5 Å². The van der Waals surface area contributed by atoms with Crippen molar-refractivity contribution in [3.8, 4) is 16.6 Å². The molecule has 0 saturated heterocycles. The second kappa shape index (κ2) is 3.79. The molecule has 2 aromatic rings. The van der Waals surface area contributed by atoms with Gasteiger partial charge in [0.05, 0.1) is 11.6 Å². The molecular formula is C10H5ClN2S. The molecule has 0 radical (unpaired) electrons. The topological polar surface area (TPSA) is 36.7 Å². The first kappa shape index (κ1) is 9.20. The van der Waals surface area contributed by atoms with Crippen molar-refractivity contribution in [3.05, 3.63) is 40.4 Å². The fraction of sp³-hybridized carbons (Fsp3) is 0. The molecule has 0 amide bonds. The third-order valence-corrected chi connectivity index (χ3v) is 2.93. The van der Waals surface area contributed by atoms with Gasteiger partial charge in [-0.2, -0.15) is 5.26 Å². The first-order valence-corrected chi connectivity index (χ1v) is 5.17. The van der Waals surface area contributed by atoms with Gasteiger partial charge in [0.25, 0.3) is 0 Å². The summed E-state index contributed by atoms with van der Waals surface area (Å²) in [4.78, 5) is 4.13. The highest BCUT2D eigenvalue weighted by Crippen LogP contribution is 2.25. The Kier molecular flexibility index (Phi) is 2.49. The van der Waals surface area contributed by atoms with Crippen LogP contribution in [0, 0.1) is 11.3 Å². The summed E-state index contributed by atoms with van der Waals surface area (Å²) in [5.41, 5.74) is 1.56. The molecule has 0 atom stereocenters. The lowest BCUT2D eigenvalue weighted by molar-refractivity contribution is 1.40. The van der Waals surface area contributed by atoms with E-state index in [4.69, 9.17) is 16.9 Å². The summed E-state index contributed by atoms with van der Waals surface area (Å²) >= 11 is 7.19. The van der Waals surface area contributed by atoms with Crippen molar-refractivity contribution in [1.82, 2.24) is 4.98 Å². The van der Waals surface area contributed by atoms with Crippen molar-refractivity contribution < 1.29 is 0 Å². The molecule has 0 spiro atoms. The number of benzene rings is 1. The zero-order valence-electron chi connectivity index (χ0n) is 7.07. The third-order valence-electron chi connectivity index (χ3n) is 1.71. The van der Waals surface area contributed by atoms with Crippen LogP contribution in [-0.2, 0) is 0 Å². The smallest absolute Gasteiger partial charge is 0.140 e. The number of thiazole rings is 1. The normalized spacial score (nSPS) is 9.71. The lowest BCUT2D eigenvalue weighted by atomic mass is 10.1. The number of nitrogens with zero attached hydrogens (tertiary/aromatic N) is 2. The highest BCUT2D eigenvalue weighted by Gasteiger charge is 2.03. The molecule has 14 heavy (non-hydrogen) atoms. The molecule has 68 valence electrons. The number of rotatable bonds is 1. The second-order valence-electron chi connectivity index (χ2n) is 2.67. The third kappa shape index (κ3) is 1.77. The Morgan fingerprint density at radius 3 is 2.93 bits per heavy atom. The first-order chi connectivity index (χ1) is 6.79. The Labute approximate surface area is 90.4 Å². The Morgan fingerprint density at radius 1 is 1.43 bits per heavy atom. The Bertz CT molecular complexity index is 499. The first-order valence-electron chi connectivity index (χ1n) is 3.91. The molecule has 0 unspecified atom stereocenters. The summed E-state index contributed by atoms with van der Waals surface area (Å²) in [5, 5.41) is 11.8. The standard InChI is InChI=1S/C10H5ClN2S/c11-9-6-14-10(13-9)8-3-1-2-7(4-8)5-12/h1-4,6H. The zero-order valence-corrected chi connectivity index (χ0v) is 8.64. The van der Waals surface area contributed by atoms with E-state index in [0.717, 1.165) is 10.6 Å². The highest BCUT2D eigenvalue weighted by molar-refractivity contribution is 7.13. The van der Waals surface area contributed by atoms with Gasteiger partial charge in [0.15, 0.2) is 0 Å². The van der Waals surface area contributed by atoms with Crippen LogP contribution >= 0.6 is 22.9 Å². The summed E-state index contributed by atoms with van der Waals surface area (Å²) in [6.07, 6.45) is 0. The largest absolute Gasteiger partial charge is 0.224 e. The molecule has 0 saturated carbocycles. The predicted octanol–water partition coefficient (Wildman–Crippen LogP) is 3.34. The predicted molar refractivity (Wildman–Crippen MR) is 57.3 cm³/mol. The summed E-state index contributed by atoms with van der Waals surface area (Å²) < 4.78 is 0. The van der Waals surface area contributed by atoms with Gasteiger partial charge in [0.1, 0.15) is 10.2 Å². The van der Waals surface area contributed by atoms with Crippen LogP contribution in [0.3, 0.4) is 0 Å². The van der Waals surface area contributed by atoms with E-state index in [1.807, 2.05) is 12.1 Å². The van der Waals surface area contributed by atoms with E-state index in [0.29, 0.717) is 10.7 Å². The average Bonchev–Trinajstić information content (AvgIpc) is 2.65. The van der Waals surface area contributed by atoms with Gasteiger partial charge in [-0.25, -0.2) is 4.98 Å². The average molecular weight is 221 g/mol. The summed E-state index contributed by atoms with van der Waals surface area (Å²) in [6.45, 7) is 0. The van der Waals surface area contributed by atoms with Crippen molar-refractivity contribution in [2.24, 2.45) is 0 Å². The van der Waals surface area contributed by atoms with Crippen LogP contribution in [0.15, 0.2) is 29.6 Å². The van der Waals surface area contributed by atoms with Gasteiger partial charge in [-0.15, -0.1) is 11.3 Å². The van der Waals surface area contributed by atoms with E-state index in [9.17, 15) is 0 Å². The van der Waals surface area contributed by atoms with Crippen LogP contribution in [0.1, 0.15) is 5.56 Å². The number of aromatic nitrogens is 1. The SMILES string of the molecule is N#Cc1cccc(-c2nc(Cl)cs2)c1. The molecule has 0 aliphatic heterocycles. The molecular weight excluding hydrogens is 216 g/mol. The van der Waals surface area contributed by atoms with Crippen molar-refractivity contribution in [2.75, 3.05) is 0 Å². The van der Waals surface area contributed by atoms with Crippen molar-refractivity contribution in [2.45, 2.75) is 0 Å². The highest BCUT2D eigenvalue weighted by atomic mass is 35.5. The molecule has 0 N–H and O–H groups in total. The van der Waals surface area contributed by atoms with Gasteiger partial charge in [-0.3, -0.25) is 0 Å². The van der Waals surface area contributed by atoms with Gasteiger partial charge in [-0.1, -0.05) is 23.7 Å². The number of hydrogen-bond donors (Lipinski definition) is 0. The maximum Gasteiger partial charge on any atom is 0.140 e. The quantitative estimate of drug-likeness (QED) is 0.739. The summed E-state index contributed by atoms with van der Waals surface area (Å²) in [7, 11) is 0. The van der Waals surface area contributed by atoms with Crippen LogP contribution in [0.4, 0.5) is 0 Å². The van der Waals surface area contributed by atoms with Crippen LogP contribution in [0.25, 0.3) is 10.6 Å². The zero-order chi connectivity index (χ0) is 9.97. The van der Waals surface area contributed by atoms with Gasteiger partial charge in [-0.05, 0) is 12.1 Å². The lowest BCUT2D eigenvalue weighted by Gasteiger charge is -1.95. The van der Waals surface area contributed by atoms with Crippen molar-refractivity contribution in [1.29, 1.82) is 5.26 Å². The van der Waals surface area contributed by atoms with Crippen LogP contribution in [0.2, 0.25) is 5.15 Å². The minimum absolute atomic E-state index is 0.493. The van der Waals surface area contributed by atoms with Gasteiger partial charge in [0.2, 0.25) is 0 Å². The lowest BCUT2D eigenvalue weighted by Crippen LogP contribution is -1.78. The monoisotopic (exact) mass is 220 g/mol. The van der Waals surface area contributed by atoms with E-state index >= 15 is 0 Å². The molecule has 1 aromatic heterocycles. The Morgan fingerprint density at radius 2 is 2.29 bits per heavy atom. The van der Waals surface area contributed by atoms with E-state index in [-0.39, 0.29) is 0 Å². The summed E-state index contributed by atoms with van der Waals surface area (Å²) in [5.74, 6) is 0. The van der Waals surface area contributed by atoms with E-state index in [2.05, 4.69) is 11.1 Å². The summed E-state index contributed by atoms with van der Waals surface area (Å²) in [6, 6.07) is 9.40. The maximum atomic E-state index is 8.72. The number of halogens is 1. The van der Waals surface area contributed by atoms with Gasteiger partial charge in [0, 0.05) is 10.9 Å². The van der Waals surface area contributed by atoms with Crippen LogP contribution in [0.5, 0.6) is 0 Å². The molecule has 2 nitrogen and oxygen atoms in total.